The van der Waals surface area contributed by atoms with Crippen LogP contribution in [-0.2, 0) is 0 Å². The largest absolute Gasteiger partial charge is 0.334 e. The first-order valence-corrected chi connectivity index (χ1v) is 6.76. The van der Waals surface area contributed by atoms with Crippen molar-refractivity contribution in [3.63, 3.8) is 0 Å². The molecule has 0 aliphatic heterocycles. The van der Waals surface area contributed by atoms with Gasteiger partial charge in [-0.2, -0.15) is 10.2 Å². The van der Waals surface area contributed by atoms with Gasteiger partial charge in [-0.1, -0.05) is 11.2 Å². The smallest absolute Gasteiger partial charge is 0.258 e. The summed E-state index contributed by atoms with van der Waals surface area (Å²) in [7, 11) is 0. The Morgan fingerprint density at radius 1 is 1.14 bits per heavy atom. The van der Waals surface area contributed by atoms with Crippen molar-refractivity contribution in [1.82, 2.24) is 10.1 Å². The van der Waals surface area contributed by atoms with Crippen LogP contribution in [-0.4, -0.2) is 10.1 Å². The number of nitrogens with zero attached hydrogens (tertiary/aromatic N) is 3. The Balaban J connectivity index is 1.99. The maximum Gasteiger partial charge on any atom is 0.258 e. The Labute approximate surface area is 128 Å². The summed E-state index contributed by atoms with van der Waals surface area (Å²) in [5, 5.41) is 12.8. The van der Waals surface area contributed by atoms with E-state index >= 15 is 0 Å². The van der Waals surface area contributed by atoms with Crippen LogP contribution in [0.2, 0.25) is 0 Å². The van der Waals surface area contributed by atoms with Gasteiger partial charge in [0, 0.05) is 11.1 Å². The second kappa shape index (κ2) is 5.46. The highest BCUT2D eigenvalue weighted by Crippen LogP contribution is 2.26. The molecule has 2 aromatic carbocycles. The van der Waals surface area contributed by atoms with Crippen LogP contribution in [0.1, 0.15) is 5.56 Å². The highest BCUT2D eigenvalue weighted by atomic mass is 79.9. The van der Waals surface area contributed by atoms with Crippen molar-refractivity contribution >= 4 is 15.9 Å². The third-order valence-corrected chi connectivity index (χ3v) is 3.45. The molecular weight excluding hydrogens is 337 g/mol. The van der Waals surface area contributed by atoms with Gasteiger partial charge in [0.25, 0.3) is 5.89 Å². The van der Waals surface area contributed by atoms with E-state index in [0.29, 0.717) is 32.9 Å². The molecule has 102 valence electrons. The highest BCUT2D eigenvalue weighted by Gasteiger charge is 2.12. The Morgan fingerprint density at radius 2 is 2.00 bits per heavy atom. The molecule has 0 amide bonds. The quantitative estimate of drug-likeness (QED) is 0.700. The van der Waals surface area contributed by atoms with Crippen molar-refractivity contribution in [2.45, 2.75) is 0 Å². The molecule has 0 radical (unpaired) electrons. The summed E-state index contributed by atoms with van der Waals surface area (Å²) in [5.74, 6) is 0.305. The Morgan fingerprint density at radius 3 is 2.76 bits per heavy atom. The van der Waals surface area contributed by atoms with E-state index < -0.39 is 0 Å². The number of benzene rings is 2. The van der Waals surface area contributed by atoms with E-state index in [0.717, 1.165) is 0 Å². The monoisotopic (exact) mass is 343 g/mol. The van der Waals surface area contributed by atoms with Crippen molar-refractivity contribution in [2.75, 3.05) is 0 Å². The Bertz CT molecular complexity index is 854. The molecule has 6 heteroatoms. The maximum absolute atomic E-state index is 13.2. The fraction of sp³-hybridized carbons (Fsp3) is 0. The zero-order chi connectivity index (χ0) is 14.8. The van der Waals surface area contributed by atoms with Crippen molar-refractivity contribution in [1.29, 1.82) is 5.26 Å². The number of hydrogen-bond acceptors (Lipinski definition) is 4. The topological polar surface area (TPSA) is 62.7 Å². The number of halogens is 2. The van der Waals surface area contributed by atoms with Crippen molar-refractivity contribution < 1.29 is 8.91 Å². The molecule has 0 atom stereocenters. The van der Waals surface area contributed by atoms with Crippen molar-refractivity contribution in [3.05, 3.63) is 58.3 Å². The minimum absolute atomic E-state index is 0.308. The number of nitriles is 1. The first-order chi connectivity index (χ1) is 10.2. The van der Waals surface area contributed by atoms with Crippen LogP contribution in [0.3, 0.4) is 0 Å². The van der Waals surface area contributed by atoms with Gasteiger partial charge in [0.15, 0.2) is 0 Å². The molecule has 0 aliphatic carbocycles. The first-order valence-electron chi connectivity index (χ1n) is 5.97. The molecule has 0 bridgehead atoms. The van der Waals surface area contributed by atoms with Gasteiger partial charge >= 0.3 is 0 Å². The molecule has 21 heavy (non-hydrogen) atoms. The third-order valence-electron chi connectivity index (χ3n) is 2.84. The van der Waals surface area contributed by atoms with Crippen LogP contribution in [0.5, 0.6) is 0 Å². The normalized spacial score (nSPS) is 10.3. The highest BCUT2D eigenvalue weighted by molar-refractivity contribution is 9.10. The summed E-state index contributed by atoms with van der Waals surface area (Å²) in [6.07, 6.45) is 0. The lowest BCUT2D eigenvalue weighted by Gasteiger charge is -1.97. The standard InChI is InChI=1S/C15H7BrFN3O/c16-12-7-10(4-5-13(12)17)14-19-15(21-20-14)11-3-1-2-9(6-11)8-18/h1-7H. The molecular formula is C15H7BrFN3O. The van der Waals surface area contributed by atoms with Crippen LogP contribution < -0.4 is 0 Å². The molecule has 0 saturated carbocycles. The van der Waals surface area contributed by atoms with Gasteiger partial charge in [-0.25, -0.2) is 4.39 Å². The molecule has 1 heterocycles. The Kier molecular flexibility index (Phi) is 3.50. The second-order valence-electron chi connectivity index (χ2n) is 4.24. The summed E-state index contributed by atoms with van der Waals surface area (Å²) in [6.45, 7) is 0. The maximum atomic E-state index is 13.2. The van der Waals surface area contributed by atoms with Crippen LogP contribution in [0.15, 0.2) is 51.5 Å². The molecule has 4 nitrogen and oxygen atoms in total. The summed E-state index contributed by atoms with van der Waals surface area (Å²) >= 11 is 3.12. The minimum atomic E-state index is -0.357. The number of rotatable bonds is 2. The van der Waals surface area contributed by atoms with Crippen LogP contribution in [0.4, 0.5) is 4.39 Å². The molecule has 0 unspecified atom stereocenters. The molecule has 3 aromatic rings. The number of hydrogen-bond donors (Lipinski definition) is 0. The van der Waals surface area contributed by atoms with Gasteiger partial charge in [-0.05, 0) is 52.3 Å². The van der Waals surface area contributed by atoms with E-state index in [-0.39, 0.29) is 5.82 Å². The third kappa shape index (κ3) is 2.69. The molecule has 1 aromatic heterocycles. The lowest BCUT2D eigenvalue weighted by molar-refractivity contribution is 0.432. The fourth-order valence-corrected chi connectivity index (χ4v) is 2.19. The van der Waals surface area contributed by atoms with E-state index in [1.165, 1.54) is 6.07 Å². The lowest BCUT2D eigenvalue weighted by Crippen LogP contribution is -1.84. The zero-order valence-corrected chi connectivity index (χ0v) is 12.1. The van der Waals surface area contributed by atoms with Gasteiger partial charge in [0.1, 0.15) is 5.82 Å². The van der Waals surface area contributed by atoms with E-state index in [2.05, 4.69) is 32.1 Å². The molecule has 0 aliphatic rings. The molecule has 0 fully saturated rings. The summed E-state index contributed by atoms with van der Waals surface area (Å²) < 4.78 is 18.8. The zero-order valence-electron chi connectivity index (χ0n) is 10.5. The van der Waals surface area contributed by atoms with E-state index in [1.807, 2.05) is 0 Å². The lowest BCUT2D eigenvalue weighted by atomic mass is 10.1. The van der Waals surface area contributed by atoms with Gasteiger partial charge < -0.3 is 4.52 Å². The van der Waals surface area contributed by atoms with Crippen LogP contribution >= 0.6 is 15.9 Å². The van der Waals surface area contributed by atoms with Crippen molar-refractivity contribution in [3.8, 4) is 28.9 Å². The number of aromatic nitrogens is 2. The Hall–Kier alpha value is -2.52. The average molecular weight is 344 g/mol. The molecule has 0 N–H and O–H groups in total. The predicted molar refractivity (Wildman–Crippen MR) is 77.5 cm³/mol. The fourth-order valence-electron chi connectivity index (χ4n) is 1.81. The minimum Gasteiger partial charge on any atom is -0.334 e. The second-order valence-corrected chi connectivity index (χ2v) is 5.10. The van der Waals surface area contributed by atoms with E-state index in [4.69, 9.17) is 9.78 Å². The average Bonchev–Trinajstić information content (AvgIpc) is 3.00. The van der Waals surface area contributed by atoms with Crippen LogP contribution in [0, 0.1) is 17.1 Å². The summed E-state index contributed by atoms with van der Waals surface area (Å²) in [5.41, 5.74) is 1.81. The van der Waals surface area contributed by atoms with Gasteiger partial charge in [0.2, 0.25) is 5.82 Å². The predicted octanol–water partition coefficient (Wildman–Crippen LogP) is 4.18. The molecule has 0 saturated heterocycles. The summed E-state index contributed by atoms with van der Waals surface area (Å²) in [6, 6.07) is 13.4. The van der Waals surface area contributed by atoms with Crippen molar-refractivity contribution in [2.24, 2.45) is 0 Å². The molecule has 3 rings (SSSR count). The van der Waals surface area contributed by atoms with Gasteiger partial charge in [-0.15, -0.1) is 0 Å². The first kappa shape index (κ1) is 13.5. The van der Waals surface area contributed by atoms with Crippen LogP contribution in [0.25, 0.3) is 22.8 Å². The SMILES string of the molecule is N#Cc1cccc(-c2nc(-c3ccc(F)c(Br)c3)no2)c1. The van der Waals surface area contributed by atoms with Gasteiger partial charge in [-0.3, -0.25) is 0 Å². The van der Waals surface area contributed by atoms with Gasteiger partial charge in [0.05, 0.1) is 16.1 Å². The van der Waals surface area contributed by atoms with E-state index in [9.17, 15) is 4.39 Å². The molecule has 0 spiro atoms. The van der Waals surface area contributed by atoms with E-state index in [1.54, 1.807) is 36.4 Å². The summed E-state index contributed by atoms with van der Waals surface area (Å²) in [4.78, 5) is 4.27.